The number of aliphatic hydroxyl groups excluding tert-OH is 4. The highest BCUT2D eigenvalue weighted by Crippen LogP contribution is 2.31. The molecule has 2 aliphatic heterocycles. The maximum Gasteiger partial charge on any atom is 0.303 e. The summed E-state index contributed by atoms with van der Waals surface area (Å²) in [6.45, 7) is 4.72. The number of rotatable bonds is 11. The largest absolute Gasteiger partial charge is 0.481 e. The number of nitrogens with one attached hydrogen (secondary N) is 1. The van der Waals surface area contributed by atoms with E-state index in [-0.39, 0.29) is 12.3 Å². The van der Waals surface area contributed by atoms with Crippen LogP contribution in [0.3, 0.4) is 0 Å². The maximum absolute atomic E-state index is 13.2. The maximum atomic E-state index is 13.2. The van der Waals surface area contributed by atoms with E-state index in [0.717, 1.165) is 24.6 Å². The summed E-state index contributed by atoms with van der Waals surface area (Å²) in [5, 5.41) is 52.9. The van der Waals surface area contributed by atoms with E-state index in [1.54, 1.807) is 6.26 Å². The lowest BCUT2D eigenvalue weighted by Crippen LogP contribution is -2.65. The van der Waals surface area contributed by atoms with Gasteiger partial charge >= 0.3 is 5.97 Å². The van der Waals surface area contributed by atoms with Crippen LogP contribution in [0, 0.1) is 5.92 Å². The first-order chi connectivity index (χ1) is 15.1. The standard InChI is InChI=1S/C21H38N2O8S/c1-4-6-12-9-13(23(10-12)8-5-7-14(25)26)20(30)22-15(11(2)24)19-17(28)16(27)18(29)21(31-19)32-3/h11-13,15-19,21,24,27-29H,4-10H2,1-3H3,(H,22,30)(H,25,26)/t11-,12-,13+,15-,16+,17-,18-,19-,21-/m1/s1. The molecule has 0 aromatic rings. The zero-order valence-corrected chi connectivity index (χ0v) is 19.8. The molecule has 9 atom stereocenters. The molecule has 2 fully saturated rings. The molecule has 0 aromatic carbocycles. The molecule has 1 amide bonds. The van der Waals surface area contributed by atoms with Gasteiger partial charge in [-0.05, 0) is 44.9 Å². The summed E-state index contributed by atoms with van der Waals surface area (Å²) in [5.41, 5.74) is -0.815. The number of carboxylic acid groups (broad SMARTS) is 1. The Bertz CT molecular complexity index is 623. The number of hydrogen-bond acceptors (Lipinski definition) is 9. The van der Waals surface area contributed by atoms with Gasteiger partial charge in [-0.3, -0.25) is 14.5 Å². The van der Waals surface area contributed by atoms with Crippen molar-refractivity contribution in [1.82, 2.24) is 10.2 Å². The second-order valence-corrected chi connectivity index (χ2v) is 9.79. The molecule has 0 aliphatic carbocycles. The van der Waals surface area contributed by atoms with Crippen molar-refractivity contribution in [2.75, 3.05) is 19.3 Å². The first-order valence-electron chi connectivity index (χ1n) is 11.3. The minimum atomic E-state index is -1.49. The van der Waals surface area contributed by atoms with Crippen molar-refractivity contribution in [2.24, 2.45) is 5.92 Å². The second-order valence-electron chi connectivity index (χ2n) is 8.85. The lowest BCUT2D eigenvalue weighted by Gasteiger charge is -2.44. The van der Waals surface area contributed by atoms with Crippen LogP contribution in [0.2, 0.25) is 0 Å². The summed E-state index contributed by atoms with van der Waals surface area (Å²) >= 11 is 1.16. The number of hydrogen-bond donors (Lipinski definition) is 6. The van der Waals surface area contributed by atoms with Gasteiger partial charge in [-0.15, -0.1) is 11.8 Å². The van der Waals surface area contributed by atoms with Crippen LogP contribution in [-0.2, 0) is 14.3 Å². The molecule has 11 heteroatoms. The summed E-state index contributed by atoms with van der Waals surface area (Å²) in [4.78, 5) is 26.1. The number of aliphatic hydroxyl groups is 4. The molecule has 6 N–H and O–H groups in total. The Labute approximate surface area is 193 Å². The number of nitrogens with zero attached hydrogens (tertiary/aromatic N) is 1. The summed E-state index contributed by atoms with van der Waals surface area (Å²) in [5.74, 6) is -0.890. The molecule has 0 unspecified atom stereocenters. The van der Waals surface area contributed by atoms with E-state index in [1.807, 2.05) is 4.90 Å². The van der Waals surface area contributed by atoms with Crippen molar-refractivity contribution < 1.29 is 39.9 Å². The minimum Gasteiger partial charge on any atom is -0.481 e. The van der Waals surface area contributed by atoms with Crippen molar-refractivity contribution in [3.8, 4) is 0 Å². The van der Waals surface area contributed by atoms with Gasteiger partial charge in [-0.1, -0.05) is 13.3 Å². The molecule has 0 saturated carbocycles. The number of aliphatic carboxylic acids is 1. The van der Waals surface area contributed by atoms with Gasteiger partial charge < -0.3 is 35.6 Å². The van der Waals surface area contributed by atoms with Crippen LogP contribution in [0.15, 0.2) is 0 Å². The molecule has 2 heterocycles. The van der Waals surface area contributed by atoms with E-state index >= 15 is 0 Å². The Balaban J connectivity index is 2.13. The van der Waals surface area contributed by atoms with Crippen LogP contribution in [-0.4, -0.2) is 110 Å². The summed E-state index contributed by atoms with van der Waals surface area (Å²) < 4.78 is 5.74. The third-order valence-electron chi connectivity index (χ3n) is 6.35. The van der Waals surface area contributed by atoms with Crippen LogP contribution in [0.5, 0.6) is 0 Å². The van der Waals surface area contributed by atoms with Crippen LogP contribution in [0.4, 0.5) is 0 Å². The molecule has 0 radical (unpaired) electrons. The van der Waals surface area contributed by atoms with Crippen LogP contribution in [0.25, 0.3) is 0 Å². The monoisotopic (exact) mass is 478 g/mol. The molecule has 32 heavy (non-hydrogen) atoms. The van der Waals surface area contributed by atoms with E-state index < -0.39 is 54.0 Å². The first kappa shape index (κ1) is 27.3. The van der Waals surface area contributed by atoms with Gasteiger partial charge in [0.25, 0.3) is 0 Å². The van der Waals surface area contributed by atoms with Gasteiger partial charge in [0, 0.05) is 13.0 Å². The van der Waals surface area contributed by atoms with E-state index in [0.29, 0.717) is 31.8 Å². The van der Waals surface area contributed by atoms with E-state index in [2.05, 4.69) is 12.2 Å². The van der Waals surface area contributed by atoms with Crippen LogP contribution >= 0.6 is 11.8 Å². The van der Waals surface area contributed by atoms with Gasteiger partial charge in [0.1, 0.15) is 29.9 Å². The third kappa shape index (κ3) is 6.78. The number of carboxylic acids is 1. The highest BCUT2D eigenvalue weighted by atomic mass is 32.2. The molecule has 2 rings (SSSR count). The van der Waals surface area contributed by atoms with E-state index in [9.17, 15) is 30.0 Å². The molecule has 2 saturated heterocycles. The average Bonchev–Trinajstić information content (AvgIpc) is 3.13. The Morgan fingerprint density at radius 3 is 2.47 bits per heavy atom. The fourth-order valence-electron chi connectivity index (χ4n) is 4.67. The first-order valence-corrected chi connectivity index (χ1v) is 12.6. The highest BCUT2D eigenvalue weighted by Gasteiger charge is 2.48. The molecular formula is C21H38N2O8S. The topological polar surface area (TPSA) is 160 Å². The zero-order valence-electron chi connectivity index (χ0n) is 19.0. The minimum absolute atomic E-state index is 0.0258. The SMILES string of the molecule is CCC[C@@H]1C[C@@H](C(=O)N[C@@H]([C@H]2O[C@H](SC)[C@H](O)[C@@H](O)[C@H]2O)[C@@H](C)O)N(CCCC(=O)O)C1. The van der Waals surface area contributed by atoms with E-state index in [1.165, 1.54) is 6.92 Å². The zero-order chi connectivity index (χ0) is 24.0. The van der Waals surface area contributed by atoms with Crippen molar-refractivity contribution >= 4 is 23.6 Å². The van der Waals surface area contributed by atoms with Crippen LogP contribution < -0.4 is 5.32 Å². The molecule has 0 bridgehead atoms. The number of thioether (sulfide) groups is 1. The number of likely N-dealkylation sites (tertiary alicyclic amines) is 1. The normalized spacial score (nSPS) is 35.4. The Hall–Kier alpha value is -0.950. The summed E-state index contributed by atoms with van der Waals surface area (Å²) in [7, 11) is 0. The fraction of sp³-hybridized carbons (Fsp3) is 0.905. The lowest BCUT2D eigenvalue weighted by molar-refractivity contribution is -0.211. The molecule has 10 nitrogen and oxygen atoms in total. The van der Waals surface area contributed by atoms with Gasteiger partial charge in [-0.25, -0.2) is 0 Å². The van der Waals surface area contributed by atoms with Crippen molar-refractivity contribution in [2.45, 2.75) is 94.0 Å². The van der Waals surface area contributed by atoms with Crippen molar-refractivity contribution in [1.29, 1.82) is 0 Å². The number of ether oxygens (including phenoxy) is 1. The smallest absolute Gasteiger partial charge is 0.303 e. The molecule has 0 spiro atoms. The van der Waals surface area contributed by atoms with Gasteiger partial charge in [0.05, 0.1) is 18.2 Å². The summed E-state index contributed by atoms with van der Waals surface area (Å²) in [6.07, 6.45) is -1.74. The second kappa shape index (κ2) is 12.5. The Kier molecular flexibility index (Phi) is 10.7. The number of amides is 1. The molecule has 2 aliphatic rings. The fourth-order valence-corrected chi connectivity index (χ4v) is 5.35. The van der Waals surface area contributed by atoms with Crippen molar-refractivity contribution in [3.63, 3.8) is 0 Å². The Morgan fingerprint density at radius 1 is 1.22 bits per heavy atom. The molecular weight excluding hydrogens is 440 g/mol. The van der Waals surface area contributed by atoms with Gasteiger partial charge in [-0.2, -0.15) is 0 Å². The third-order valence-corrected chi connectivity index (χ3v) is 7.20. The predicted octanol–water partition coefficient (Wildman–Crippen LogP) is -0.622. The predicted molar refractivity (Wildman–Crippen MR) is 119 cm³/mol. The highest BCUT2D eigenvalue weighted by molar-refractivity contribution is 7.99. The van der Waals surface area contributed by atoms with Crippen LogP contribution in [0.1, 0.15) is 46.0 Å². The molecule has 0 aromatic heterocycles. The lowest BCUT2D eigenvalue weighted by atomic mass is 9.92. The van der Waals surface area contributed by atoms with Gasteiger partial charge in [0.15, 0.2) is 0 Å². The van der Waals surface area contributed by atoms with Crippen molar-refractivity contribution in [3.05, 3.63) is 0 Å². The summed E-state index contributed by atoms with van der Waals surface area (Å²) in [6, 6.07) is -1.48. The van der Waals surface area contributed by atoms with Gasteiger partial charge in [0.2, 0.25) is 5.91 Å². The quantitative estimate of drug-likeness (QED) is 0.226. The van der Waals surface area contributed by atoms with E-state index in [4.69, 9.17) is 9.84 Å². The Morgan fingerprint density at radius 2 is 1.91 bits per heavy atom. The number of carbonyl (C=O) groups is 2. The number of carbonyl (C=O) groups excluding carboxylic acids is 1. The average molecular weight is 479 g/mol. The molecule has 186 valence electrons.